The first kappa shape index (κ1) is 12.9. The molecule has 0 saturated heterocycles. The minimum atomic E-state index is -0.163. The van der Waals surface area contributed by atoms with Crippen LogP contribution in [0.3, 0.4) is 0 Å². The summed E-state index contributed by atoms with van der Waals surface area (Å²) in [7, 11) is 0. The van der Waals surface area contributed by atoms with Gasteiger partial charge in [-0.05, 0) is 31.6 Å². The Morgan fingerprint density at radius 2 is 1.62 bits per heavy atom. The molecule has 0 aromatic carbocycles. The van der Waals surface area contributed by atoms with Crippen molar-refractivity contribution in [3.63, 3.8) is 0 Å². The largest absolute Gasteiger partial charge is 0.289 e. The molecule has 3 nitrogen and oxygen atoms in total. The van der Waals surface area contributed by atoms with Crippen molar-refractivity contribution in [2.24, 2.45) is 11.8 Å². The van der Waals surface area contributed by atoms with Gasteiger partial charge in [-0.2, -0.15) is 0 Å². The lowest BCUT2D eigenvalue weighted by atomic mass is 9.90. The molecular formula is C10H23NO2. The Labute approximate surface area is 81.3 Å². The van der Waals surface area contributed by atoms with Gasteiger partial charge in [0.05, 0.1) is 6.04 Å². The van der Waals surface area contributed by atoms with Gasteiger partial charge in [0.1, 0.15) is 0 Å². The third-order valence-electron chi connectivity index (χ3n) is 2.45. The van der Waals surface area contributed by atoms with Crippen LogP contribution in [-0.2, 0) is 0 Å². The van der Waals surface area contributed by atoms with E-state index in [1.165, 1.54) is 0 Å². The highest BCUT2D eigenvalue weighted by Gasteiger charge is 2.16. The number of hydrogen-bond acceptors (Lipinski definition) is 3. The highest BCUT2D eigenvalue weighted by molar-refractivity contribution is 4.65. The molecule has 0 aliphatic rings. The predicted molar refractivity (Wildman–Crippen MR) is 52.7 cm³/mol. The fourth-order valence-electron chi connectivity index (χ4n) is 1.67. The van der Waals surface area contributed by atoms with Crippen molar-refractivity contribution in [2.75, 3.05) is 0 Å². The maximum Gasteiger partial charge on any atom is 0.0598 e. The zero-order valence-corrected chi connectivity index (χ0v) is 9.20. The van der Waals surface area contributed by atoms with E-state index in [1.54, 1.807) is 0 Å². The molecule has 0 radical (unpaired) electrons. The molecule has 0 rings (SSSR count). The second-order valence-electron chi connectivity index (χ2n) is 4.31. The molecule has 0 aromatic heterocycles. The average molecular weight is 189 g/mol. The van der Waals surface area contributed by atoms with Gasteiger partial charge in [0.15, 0.2) is 0 Å². The third-order valence-corrected chi connectivity index (χ3v) is 2.45. The zero-order valence-electron chi connectivity index (χ0n) is 9.20. The molecule has 2 N–H and O–H groups in total. The van der Waals surface area contributed by atoms with Crippen molar-refractivity contribution in [3.8, 4) is 0 Å². The van der Waals surface area contributed by atoms with Crippen LogP contribution in [0.15, 0.2) is 0 Å². The summed E-state index contributed by atoms with van der Waals surface area (Å²) in [5.74, 6) is 1.28. The second-order valence-corrected chi connectivity index (χ2v) is 4.31. The van der Waals surface area contributed by atoms with Crippen LogP contribution in [0.1, 0.15) is 47.0 Å². The van der Waals surface area contributed by atoms with Crippen molar-refractivity contribution < 1.29 is 10.4 Å². The molecule has 0 saturated carbocycles. The molecule has 0 spiro atoms. The molecule has 0 heterocycles. The average Bonchev–Trinajstić information content (AvgIpc) is 2.02. The monoisotopic (exact) mass is 189 g/mol. The van der Waals surface area contributed by atoms with Crippen molar-refractivity contribution in [3.05, 3.63) is 0 Å². The molecule has 0 bridgehead atoms. The van der Waals surface area contributed by atoms with Crippen LogP contribution in [-0.4, -0.2) is 21.7 Å². The maximum absolute atomic E-state index is 8.79. The summed E-state index contributed by atoms with van der Waals surface area (Å²) in [6.07, 6.45) is 3.12. The van der Waals surface area contributed by atoms with Gasteiger partial charge in [0, 0.05) is 0 Å². The Hall–Kier alpha value is -0.120. The minimum absolute atomic E-state index is 0.163. The first-order valence-electron chi connectivity index (χ1n) is 5.14. The van der Waals surface area contributed by atoms with Crippen LogP contribution < -0.4 is 0 Å². The molecular weight excluding hydrogens is 166 g/mol. The van der Waals surface area contributed by atoms with Crippen molar-refractivity contribution >= 4 is 0 Å². The van der Waals surface area contributed by atoms with E-state index in [-0.39, 0.29) is 6.04 Å². The molecule has 2 unspecified atom stereocenters. The molecule has 2 atom stereocenters. The zero-order chi connectivity index (χ0) is 10.4. The summed E-state index contributed by atoms with van der Waals surface area (Å²) in [5.41, 5.74) is 0. The summed E-state index contributed by atoms with van der Waals surface area (Å²) >= 11 is 0. The van der Waals surface area contributed by atoms with Gasteiger partial charge < -0.3 is 0 Å². The SMILES string of the molecule is CCC(CC(C)C)CC(C)N(O)O. The lowest BCUT2D eigenvalue weighted by molar-refractivity contribution is -0.330. The van der Waals surface area contributed by atoms with E-state index in [2.05, 4.69) is 20.8 Å². The summed E-state index contributed by atoms with van der Waals surface area (Å²) in [4.78, 5) is 0. The van der Waals surface area contributed by atoms with Crippen LogP contribution in [0.25, 0.3) is 0 Å². The fraction of sp³-hybridized carbons (Fsp3) is 1.00. The topological polar surface area (TPSA) is 43.7 Å². The standard InChI is InChI=1S/C10H23NO2/c1-5-10(6-8(2)3)7-9(4)11(12)13/h8-10,12-13H,5-7H2,1-4H3. The molecule has 0 amide bonds. The molecule has 0 aliphatic carbocycles. The van der Waals surface area contributed by atoms with Gasteiger partial charge in [-0.15, -0.1) is 0 Å². The molecule has 3 heteroatoms. The van der Waals surface area contributed by atoms with Gasteiger partial charge in [-0.1, -0.05) is 32.4 Å². The Balaban J connectivity index is 3.83. The van der Waals surface area contributed by atoms with Crippen LogP contribution in [0.2, 0.25) is 0 Å². The summed E-state index contributed by atoms with van der Waals surface area (Å²) in [5, 5.41) is 17.9. The van der Waals surface area contributed by atoms with Crippen LogP contribution in [0.5, 0.6) is 0 Å². The minimum Gasteiger partial charge on any atom is -0.289 e. The number of hydrogen-bond donors (Lipinski definition) is 2. The van der Waals surface area contributed by atoms with E-state index in [1.807, 2.05) is 6.92 Å². The quantitative estimate of drug-likeness (QED) is 0.631. The molecule has 80 valence electrons. The Morgan fingerprint density at radius 3 is 1.92 bits per heavy atom. The summed E-state index contributed by atoms with van der Waals surface area (Å²) in [6, 6.07) is -0.163. The number of hydroxylamine groups is 2. The van der Waals surface area contributed by atoms with E-state index in [0.29, 0.717) is 17.1 Å². The van der Waals surface area contributed by atoms with Crippen molar-refractivity contribution in [1.82, 2.24) is 5.23 Å². The van der Waals surface area contributed by atoms with E-state index in [9.17, 15) is 0 Å². The Morgan fingerprint density at radius 1 is 1.08 bits per heavy atom. The smallest absolute Gasteiger partial charge is 0.0598 e. The van der Waals surface area contributed by atoms with E-state index >= 15 is 0 Å². The van der Waals surface area contributed by atoms with Gasteiger partial charge >= 0.3 is 0 Å². The number of rotatable bonds is 6. The van der Waals surface area contributed by atoms with E-state index in [4.69, 9.17) is 10.4 Å². The second kappa shape index (κ2) is 6.35. The molecule has 0 fully saturated rings. The van der Waals surface area contributed by atoms with Gasteiger partial charge in [0.2, 0.25) is 0 Å². The maximum atomic E-state index is 8.79. The van der Waals surface area contributed by atoms with Crippen LogP contribution >= 0.6 is 0 Å². The van der Waals surface area contributed by atoms with Gasteiger partial charge in [-0.25, -0.2) is 0 Å². The fourth-order valence-corrected chi connectivity index (χ4v) is 1.67. The Kier molecular flexibility index (Phi) is 6.29. The normalized spacial score (nSPS) is 16.6. The van der Waals surface area contributed by atoms with Crippen LogP contribution in [0, 0.1) is 11.8 Å². The first-order chi connectivity index (χ1) is 5.97. The van der Waals surface area contributed by atoms with E-state index < -0.39 is 0 Å². The summed E-state index contributed by atoms with van der Waals surface area (Å²) in [6.45, 7) is 8.37. The van der Waals surface area contributed by atoms with Crippen LogP contribution in [0.4, 0.5) is 0 Å². The highest BCUT2D eigenvalue weighted by Crippen LogP contribution is 2.21. The molecule has 13 heavy (non-hydrogen) atoms. The number of nitrogens with zero attached hydrogens (tertiary/aromatic N) is 1. The summed E-state index contributed by atoms with van der Waals surface area (Å²) < 4.78 is 0. The predicted octanol–water partition coefficient (Wildman–Crippen LogP) is 2.92. The lowest BCUT2D eigenvalue weighted by Crippen LogP contribution is -2.28. The first-order valence-corrected chi connectivity index (χ1v) is 5.14. The van der Waals surface area contributed by atoms with Gasteiger partial charge in [0.25, 0.3) is 0 Å². The van der Waals surface area contributed by atoms with Crippen molar-refractivity contribution in [2.45, 2.75) is 53.0 Å². The highest BCUT2D eigenvalue weighted by atomic mass is 16.8. The van der Waals surface area contributed by atoms with Crippen molar-refractivity contribution in [1.29, 1.82) is 0 Å². The Bertz CT molecular complexity index is 126. The van der Waals surface area contributed by atoms with E-state index in [0.717, 1.165) is 19.3 Å². The van der Waals surface area contributed by atoms with Gasteiger partial charge in [-0.3, -0.25) is 10.4 Å². The molecule has 0 aliphatic heterocycles. The molecule has 0 aromatic rings. The third kappa shape index (κ3) is 6.02. The lowest BCUT2D eigenvalue weighted by Gasteiger charge is -2.23.